The number of nitrogens with zero attached hydrogens (tertiary/aromatic N) is 1. The Labute approximate surface area is 66.5 Å². The molecule has 0 aromatic carbocycles. The lowest BCUT2D eigenvalue weighted by Gasteiger charge is -2.24. The highest BCUT2D eigenvalue weighted by Crippen LogP contribution is 2.08. The number of piperidine rings is 1. The standard InChI is InChI=1S/C7H14N2O2/c1-8-7(10)11-9-5-3-2-4-6-9/h2-6H2,1H3,(H,8,10). The third-order valence-corrected chi connectivity index (χ3v) is 1.73. The number of rotatable bonds is 1. The molecule has 1 amide bonds. The first-order chi connectivity index (χ1) is 5.33. The third kappa shape index (κ3) is 2.76. The van der Waals surface area contributed by atoms with E-state index in [2.05, 4.69) is 5.32 Å². The number of carbonyl (C=O) groups is 1. The highest BCUT2D eigenvalue weighted by molar-refractivity contribution is 5.66. The summed E-state index contributed by atoms with van der Waals surface area (Å²) in [6.45, 7) is 1.74. The molecule has 1 heterocycles. The van der Waals surface area contributed by atoms with E-state index < -0.39 is 0 Å². The summed E-state index contributed by atoms with van der Waals surface area (Å²) in [5.41, 5.74) is 0. The van der Waals surface area contributed by atoms with Gasteiger partial charge in [-0.2, -0.15) is 0 Å². The van der Waals surface area contributed by atoms with Crippen molar-refractivity contribution in [3.63, 3.8) is 0 Å². The van der Waals surface area contributed by atoms with E-state index in [1.165, 1.54) is 6.42 Å². The minimum absolute atomic E-state index is 0.369. The Kier molecular flexibility index (Phi) is 3.16. The Hall–Kier alpha value is -0.770. The molecule has 64 valence electrons. The number of hydrogen-bond donors (Lipinski definition) is 1. The average molecular weight is 158 g/mol. The molecule has 1 N–H and O–H groups in total. The van der Waals surface area contributed by atoms with Crippen molar-refractivity contribution in [1.82, 2.24) is 10.4 Å². The van der Waals surface area contributed by atoms with E-state index in [0.717, 1.165) is 25.9 Å². The minimum Gasteiger partial charge on any atom is -0.351 e. The Bertz CT molecular complexity index is 132. The predicted molar refractivity (Wildman–Crippen MR) is 41.0 cm³/mol. The summed E-state index contributed by atoms with van der Waals surface area (Å²) < 4.78 is 0. The van der Waals surface area contributed by atoms with Gasteiger partial charge >= 0.3 is 6.09 Å². The molecule has 1 aliphatic heterocycles. The Morgan fingerprint density at radius 2 is 2.00 bits per heavy atom. The Morgan fingerprint density at radius 3 is 2.55 bits per heavy atom. The van der Waals surface area contributed by atoms with Crippen LogP contribution in [-0.2, 0) is 4.84 Å². The SMILES string of the molecule is CNC(=O)ON1CCCCC1. The van der Waals surface area contributed by atoms with Gasteiger partial charge in [0.15, 0.2) is 0 Å². The molecule has 0 radical (unpaired) electrons. The lowest BCUT2D eigenvalue weighted by Crippen LogP contribution is -2.35. The third-order valence-electron chi connectivity index (χ3n) is 1.73. The number of amides is 1. The molecule has 0 atom stereocenters. The van der Waals surface area contributed by atoms with Crippen LogP contribution >= 0.6 is 0 Å². The molecular formula is C7H14N2O2. The van der Waals surface area contributed by atoms with Crippen LogP contribution in [0.15, 0.2) is 0 Å². The van der Waals surface area contributed by atoms with E-state index in [1.54, 1.807) is 12.1 Å². The molecule has 1 saturated heterocycles. The van der Waals surface area contributed by atoms with Gasteiger partial charge in [0.2, 0.25) is 0 Å². The zero-order valence-electron chi connectivity index (χ0n) is 6.80. The van der Waals surface area contributed by atoms with Crippen LogP contribution in [0.3, 0.4) is 0 Å². The molecule has 0 saturated carbocycles. The van der Waals surface area contributed by atoms with Gasteiger partial charge in [-0.1, -0.05) is 6.42 Å². The Morgan fingerprint density at radius 1 is 1.36 bits per heavy atom. The van der Waals surface area contributed by atoms with Gasteiger partial charge in [-0.3, -0.25) is 0 Å². The fourth-order valence-corrected chi connectivity index (χ4v) is 1.12. The first-order valence-corrected chi connectivity index (χ1v) is 3.97. The largest absolute Gasteiger partial charge is 0.426 e. The zero-order valence-corrected chi connectivity index (χ0v) is 6.80. The summed E-state index contributed by atoms with van der Waals surface area (Å²) in [7, 11) is 1.56. The van der Waals surface area contributed by atoms with E-state index in [1.807, 2.05) is 0 Å². The number of carbonyl (C=O) groups excluding carboxylic acids is 1. The van der Waals surface area contributed by atoms with Crippen LogP contribution in [0, 0.1) is 0 Å². The van der Waals surface area contributed by atoms with Gasteiger partial charge in [0.1, 0.15) is 0 Å². The van der Waals surface area contributed by atoms with Crippen molar-refractivity contribution in [2.75, 3.05) is 20.1 Å². The molecule has 0 bridgehead atoms. The van der Waals surface area contributed by atoms with Crippen molar-refractivity contribution < 1.29 is 9.63 Å². The molecular weight excluding hydrogens is 144 g/mol. The molecule has 0 unspecified atom stereocenters. The summed E-state index contributed by atoms with van der Waals surface area (Å²) in [5.74, 6) is 0. The van der Waals surface area contributed by atoms with Gasteiger partial charge in [0.05, 0.1) is 0 Å². The maximum Gasteiger partial charge on any atom is 0.426 e. The number of hydroxylamine groups is 2. The topological polar surface area (TPSA) is 41.6 Å². The second-order valence-corrected chi connectivity index (χ2v) is 2.62. The fraction of sp³-hybridized carbons (Fsp3) is 0.857. The van der Waals surface area contributed by atoms with Gasteiger partial charge in [-0.05, 0) is 12.8 Å². The van der Waals surface area contributed by atoms with E-state index in [4.69, 9.17) is 4.84 Å². The summed E-state index contributed by atoms with van der Waals surface area (Å²) in [6, 6.07) is 0. The average Bonchev–Trinajstić information content (AvgIpc) is 2.06. The van der Waals surface area contributed by atoms with Gasteiger partial charge in [-0.25, -0.2) is 4.79 Å². The van der Waals surface area contributed by atoms with Crippen molar-refractivity contribution >= 4 is 6.09 Å². The van der Waals surface area contributed by atoms with Gasteiger partial charge in [0.25, 0.3) is 0 Å². The molecule has 1 fully saturated rings. The zero-order chi connectivity index (χ0) is 8.10. The maximum absolute atomic E-state index is 10.7. The van der Waals surface area contributed by atoms with Crippen LogP contribution < -0.4 is 5.32 Å². The van der Waals surface area contributed by atoms with Gasteiger partial charge in [-0.15, -0.1) is 5.06 Å². The van der Waals surface area contributed by atoms with Crippen LogP contribution in [-0.4, -0.2) is 31.3 Å². The van der Waals surface area contributed by atoms with Crippen LogP contribution in [0.1, 0.15) is 19.3 Å². The second kappa shape index (κ2) is 4.18. The lowest BCUT2D eigenvalue weighted by atomic mass is 10.2. The smallest absolute Gasteiger partial charge is 0.351 e. The van der Waals surface area contributed by atoms with Crippen LogP contribution in [0.4, 0.5) is 4.79 Å². The van der Waals surface area contributed by atoms with Crippen molar-refractivity contribution in [2.45, 2.75) is 19.3 Å². The Balaban J connectivity index is 2.19. The molecule has 11 heavy (non-hydrogen) atoms. The molecule has 0 spiro atoms. The van der Waals surface area contributed by atoms with Gasteiger partial charge in [0, 0.05) is 20.1 Å². The molecule has 0 aromatic rings. The molecule has 4 heteroatoms. The van der Waals surface area contributed by atoms with Crippen LogP contribution in [0.25, 0.3) is 0 Å². The van der Waals surface area contributed by atoms with Crippen LogP contribution in [0.2, 0.25) is 0 Å². The molecule has 1 rings (SSSR count). The highest BCUT2D eigenvalue weighted by Gasteiger charge is 2.13. The molecule has 1 aliphatic rings. The fourth-order valence-electron chi connectivity index (χ4n) is 1.12. The highest BCUT2D eigenvalue weighted by atomic mass is 16.7. The number of nitrogens with one attached hydrogen (secondary N) is 1. The molecule has 0 aliphatic carbocycles. The normalized spacial score (nSPS) is 19.4. The van der Waals surface area contributed by atoms with Crippen molar-refractivity contribution in [2.24, 2.45) is 0 Å². The van der Waals surface area contributed by atoms with E-state index in [9.17, 15) is 4.79 Å². The van der Waals surface area contributed by atoms with E-state index in [0.29, 0.717) is 0 Å². The van der Waals surface area contributed by atoms with Crippen molar-refractivity contribution in [3.8, 4) is 0 Å². The summed E-state index contributed by atoms with van der Waals surface area (Å²) >= 11 is 0. The predicted octanol–water partition coefficient (Wildman–Crippen LogP) is 0.743. The minimum atomic E-state index is -0.369. The second-order valence-electron chi connectivity index (χ2n) is 2.62. The van der Waals surface area contributed by atoms with Crippen molar-refractivity contribution in [1.29, 1.82) is 0 Å². The molecule has 4 nitrogen and oxygen atoms in total. The maximum atomic E-state index is 10.7. The lowest BCUT2D eigenvalue weighted by molar-refractivity contribution is -0.110. The summed E-state index contributed by atoms with van der Waals surface area (Å²) in [4.78, 5) is 15.6. The number of hydrogen-bond acceptors (Lipinski definition) is 3. The van der Waals surface area contributed by atoms with E-state index >= 15 is 0 Å². The van der Waals surface area contributed by atoms with Gasteiger partial charge < -0.3 is 10.2 Å². The quantitative estimate of drug-likeness (QED) is 0.612. The first-order valence-electron chi connectivity index (χ1n) is 3.97. The van der Waals surface area contributed by atoms with Crippen LogP contribution in [0.5, 0.6) is 0 Å². The summed E-state index contributed by atoms with van der Waals surface area (Å²) in [6.07, 6.45) is 3.12. The first kappa shape index (κ1) is 8.33. The van der Waals surface area contributed by atoms with E-state index in [-0.39, 0.29) is 6.09 Å². The summed E-state index contributed by atoms with van der Waals surface area (Å²) in [5, 5.41) is 4.12. The molecule has 0 aromatic heterocycles. The van der Waals surface area contributed by atoms with Crippen molar-refractivity contribution in [3.05, 3.63) is 0 Å². The monoisotopic (exact) mass is 158 g/mol.